The van der Waals surface area contributed by atoms with Gasteiger partial charge in [-0.3, -0.25) is 10.4 Å². The van der Waals surface area contributed by atoms with Crippen molar-refractivity contribution in [2.75, 3.05) is 26.2 Å². The van der Waals surface area contributed by atoms with Crippen LogP contribution >= 0.6 is 23.8 Å². The summed E-state index contributed by atoms with van der Waals surface area (Å²) in [6.07, 6.45) is 2.33. The van der Waals surface area contributed by atoms with Crippen LogP contribution in [-0.2, 0) is 0 Å². The second-order valence-electron chi connectivity index (χ2n) is 5.35. The van der Waals surface area contributed by atoms with Gasteiger partial charge < -0.3 is 15.0 Å². The topological polar surface area (TPSA) is 61.8 Å². The number of pyridine rings is 1. The number of piperazine rings is 1. The van der Waals surface area contributed by atoms with Crippen molar-refractivity contribution in [3.8, 4) is 5.75 Å². The van der Waals surface area contributed by atoms with E-state index in [2.05, 4.69) is 32.7 Å². The number of hydrogen-bond donors (Lipinski definition) is 2. The molecule has 3 heterocycles. The predicted molar refractivity (Wildman–Crippen MR) is 90.7 cm³/mol. The van der Waals surface area contributed by atoms with Crippen LogP contribution in [0.15, 0.2) is 17.4 Å². The Bertz CT molecular complexity index is 609. The molecule has 1 atom stereocenters. The van der Waals surface area contributed by atoms with Crippen LogP contribution in [0.1, 0.15) is 19.0 Å². The van der Waals surface area contributed by atoms with Crippen LogP contribution in [0, 0.1) is 0 Å². The standard InChI is InChI=1S/C14H18ClN5OS/c1-9-8-20(6-5-16-9)14(22)19-18-11-3-7-21-13-10(15)2-4-17-12(11)13/h2,4,9,16H,3,5-8H2,1H3,(H,19,22)/b18-11-. The Labute approximate surface area is 139 Å². The normalized spacial score (nSPS) is 22.9. The Kier molecular flexibility index (Phi) is 4.75. The fourth-order valence-electron chi connectivity index (χ4n) is 2.55. The maximum absolute atomic E-state index is 6.13. The molecule has 0 bridgehead atoms. The fraction of sp³-hybridized carbons (Fsp3) is 0.500. The molecule has 0 saturated carbocycles. The van der Waals surface area contributed by atoms with Crippen LogP contribution in [0.2, 0.25) is 5.02 Å². The van der Waals surface area contributed by atoms with E-state index in [1.54, 1.807) is 12.3 Å². The van der Waals surface area contributed by atoms with Crippen molar-refractivity contribution in [2.45, 2.75) is 19.4 Å². The summed E-state index contributed by atoms with van der Waals surface area (Å²) in [5, 5.41) is 9.00. The number of nitrogens with one attached hydrogen (secondary N) is 2. The molecule has 1 unspecified atom stereocenters. The van der Waals surface area contributed by atoms with Crippen molar-refractivity contribution in [1.82, 2.24) is 20.6 Å². The molecule has 1 fully saturated rings. The Morgan fingerprint density at radius 1 is 1.64 bits per heavy atom. The summed E-state index contributed by atoms with van der Waals surface area (Å²) < 4.78 is 5.57. The van der Waals surface area contributed by atoms with Crippen molar-refractivity contribution < 1.29 is 4.74 Å². The number of thiocarbonyl (C=S) groups is 1. The van der Waals surface area contributed by atoms with Gasteiger partial charge in [0.05, 0.1) is 17.3 Å². The SMILES string of the molecule is CC1CN(C(=S)N/N=C2/CCOc3c(Cl)ccnc32)CCN1. The van der Waals surface area contributed by atoms with Gasteiger partial charge in [-0.2, -0.15) is 5.10 Å². The van der Waals surface area contributed by atoms with Crippen LogP contribution in [0.4, 0.5) is 0 Å². The number of ether oxygens (including phenoxy) is 1. The van der Waals surface area contributed by atoms with Gasteiger partial charge in [0.2, 0.25) is 0 Å². The second kappa shape index (κ2) is 6.76. The van der Waals surface area contributed by atoms with Gasteiger partial charge >= 0.3 is 0 Å². The third-order valence-electron chi connectivity index (χ3n) is 3.66. The zero-order chi connectivity index (χ0) is 15.5. The minimum absolute atomic E-state index is 0.422. The summed E-state index contributed by atoms with van der Waals surface area (Å²) in [4.78, 5) is 6.43. The molecule has 118 valence electrons. The van der Waals surface area contributed by atoms with E-state index in [4.69, 9.17) is 28.6 Å². The first-order chi connectivity index (χ1) is 10.6. The van der Waals surface area contributed by atoms with Gasteiger partial charge in [-0.1, -0.05) is 11.6 Å². The van der Waals surface area contributed by atoms with E-state index < -0.39 is 0 Å². The Balaban J connectivity index is 1.71. The molecule has 8 heteroatoms. The van der Waals surface area contributed by atoms with Gasteiger partial charge in [0, 0.05) is 38.3 Å². The molecule has 0 aliphatic carbocycles. The van der Waals surface area contributed by atoms with Gasteiger partial charge in [0.25, 0.3) is 0 Å². The minimum Gasteiger partial charge on any atom is -0.489 e. The molecule has 2 N–H and O–H groups in total. The van der Waals surface area contributed by atoms with Crippen LogP contribution in [0.25, 0.3) is 0 Å². The molecule has 1 aromatic rings. The first-order valence-electron chi connectivity index (χ1n) is 7.27. The summed E-state index contributed by atoms with van der Waals surface area (Å²) in [5.74, 6) is 0.595. The summed E-state index contributed by atoms with van der Waals surface area (Å²) in [7, 11) is 0. The lowest BCUT2D eigenvalue weighted by Crippen LogP contribution is -2.53. The number of fused-ring (bicyclic) bond motifs is 1. The average Bonchev–Trinajstić information content (AvgIpc) is 2.53. The number of aromatic nitrogens is 1. The lowest BCUT2D eigenvalue weighted by atomic mass is 10.1. The van der Waals surface area contributed by atoms with Gasteiger partial charge in [-0.05, 0) is 25.2 Å². The zero-order valence-electron chi connectivity index (χ0n) is 12.3. The molecule has 0 radical (unpaired) electrons. The maximum Gasteiger partial charge on any atom is 0.189 e. The highest BCUT2D eigenvalue weighted by Gasteiger charge is 2.22. The van der Waals surface area contributed by atoms with Crippen LogP contribution in [0.3, 0.4) is 0 Å². The van der Waals surface area contributed by atoms with E-state index >= 15 is 0 Å². The Hall–Kier alpha value is -1.44. The molecule has 0 aromatic carbocycles. The summed E-state index contributed by atoms with van der Waals surface area (Å²) in [6.45, 7) is 5.36. The van der Waals surface area contributed by atoms with Gasteiger partial charge in [0.15, 0.2) is 10.9 Å². The molecule has 0 spiro atoms. The highest BCUT2D eigenvalue weighted by molar-refractivity contribution is 7.80. The Morgan fingerprint density at radius 2 is 2.50 bits per heavy atom. The third kappa shape index (κ3) is 3.31. The third-order valence-corrected chi connectivity index (χ3v) is 4.30. The first kappa shape index (κ1) is 15.5. The summed E-state index contributed by atoms with van der Waals surface area (Å²) in [5.41, 5.74) is 4.48. The number of rotatable bonds is 1. The molecule has 1 saturated heterocycles. The molecular weight excluding hydrogens is 322 g/mol. The van der Waals surface area contributed by atoms with E-state index in [0.717, 1.165) is 25.3 Å². The maximum atomic E-state index is 6.13. The Morgan fingerprint density at radius 3 is 3.32 bits per heavy atom. The zero-order valence-corrected chi connectivity index (χ0v) is 13.9. The van der Waals surface area contributed by atoms with Crippen molar-refractivity contribution in [3.63, 3.8) is 0 Å². The number of hydrogen-bond acceptors (Lipinski definition) is 5. The van der Waals surface area contributed by atoms with Crippen LogP contribution in [0.5, 0.6) is 5.75 Å². The van der Waals surface area contributed by atoms with E-state index in [1.807, 2.05) is 0 Å². The monoisotopic (exact) mass is 339 g/mol. The first-order valence-corrected chi connectivity index (χ1v) is 8.06. The highest BCUT2D eigenvalue weighted by atomic mass is 35.5. The average molecular weight is 340 g/mol. The van der Waals surface area contributed by atoms with Gasteiger partial charge in [-0.15, -0.1) is 0 Å². The van der Waals surface area contributed by atoms with Crippen molar-refractivity contribution in [3.05, 3.63) is 23.0 Å². The molecule has 2 aliphatic rings. The van der Waals surface area contributed by atoms with E-state index in [0.29, 0.717) is 40.6 Å². The summed E-state index contributed by atoms with van der Waals surface area (Å²) in [6, 6.07) is 2.13. The molecule has 0 amide bonds. The molecule has 3 rings (SSSR count). The molecule has 2 aliphatic heterocycles. The summed E-state index contributed by atoms with van der Waals surface area (Å²) >= 11 is 11.5. The van der Waals surface area contributed by atoms with E-state index in [-0.39, 0.29) is 0 Å². The smallest absolute Gasteiger partial charge is 0.189 e. The van der Waals surface area contributed by atoms with Gasteiger partial charge in [-0.25, -0.2) is 0 Å². The molecule has 6 nitrogen and oxygen atoms in total. The number of halogens is 1. The molecule has 1 aromatic heterocycles. The molecule has 22 heavy (non-hydrogen) atoms. The highest BCUT2D eigenvalue weighted by Crippen LogP contribution is 2.30. The van der Waals surface area contributed by atoms with Crippen molar-refractivity contribution in [1.29, 1.82) is 0 Å². The quantitative estimate of drug-likeness (QED) is 0.595. The van der Waals surface area contributed by atoms with Gasteiger partial charge in [0.1, 0.15) is 5.69 Å². The van der Waals surface area contributed by atoms with Crippen molar-refractivity contribution >= 4 is 34.6 Å². The number of hydrazone groups is 1. The van der Waals surface area contributed by atoms with Crippen LogP contribution < -0.4 is 15.5 Å². The molecular formula is C14H18ClN5OS. The van der Waals surface area contributed by atoms with E-state index in [1.165, 1.54) is 0 Å². The predicted octanol–water partition coefficient (Wildman–Crippen LogP) is 1.39. The largest absolute Gasteiger partial charge is 0.489 e. The fourth-order valence-corrected chi connectivity index (χ4v) is 2.96. The lowest BCUT2D eigenvalue weighted by molar-refractivity contribution is 0.300. The van der Waals surface area contributed by atoms with Crippen LogP contribution in [-0.4, -0.2) is 53.0 Å². The minimum atomic E-state index is 0.422. The number of nitrogens with zero attached hydrogens (tertiary/aromatic N) is 3. The van der Waals surface area contributed by atoms with Crippen molar-refractivity contribution in [2.24, 2.45) is 5.10 Å². The van der Waals surface area contributed by atoms with E-state index in [9.17, 15) is 0 Å². The second-order valence-corrected chi connectivity index (χ2v) is 6.14. The lowest BCUT2D eigenvalue weighted by Gasteiger charge is -2.33.